The number of alkyl carbamates (subject to hydrolysis) is 1. The van der Waals surface area contributed by atoms with E-state index >= 15 is 0 Å². The van der Waals surface area contributed by atoms with Crippen molar-refractivity contribution in [3.63, 3.8) is 0 Å². The van der Waals surface area contributed by atoms with Gasteiger partial charge in [0, 0.05) is 67.9 Å². The maximum absolute atomic E-state index is 14.1. The van der Waals surface area contributed by atoms with Gasteiger partial charge in [0.15, 0.2) is 0 Å². The number of nitrogens with zero attached hydrogens (tertiary/aromatic N) is 4. The van der Waals surface area contributed by atoms with Gasteiger partial charge in [-0.15, -0.1) is 0 Å². The molecule has 1 aromatic heterocycles. The largest absolute Gasteiger partial charge is 0.464 e. The molecule has 12 heteroatoms. The summed E-state index contributed by atoms with van der Waals surface area (Å²) in [5.41, 5.74) is 9.09. The number of hydrogen-bond donors (Lipinski definition) is 2. The smallest absolute Gasteiger partial charge is 0.408 e. The minimum atomic E-state index is -0.909. The van der Waals surface area contributed by atoms with Gasteiger partial charge in [0.2, 0.25) is 0 Å². The van der Waals surface area contributed by atoms with Gasteiger partial charge in [-0.25, -0.2) is 10.2 Å². The number of hydrogen-bond acceptors (Lipinski definition) is 9. The number of esters is 1. The first-order chi connectivity index (χ1) is 25.6. The predicted molar refractivity (Wildman–Crippen MR) is 214 cm³/mol. The van der Waals surface area contributed by atoms with Crippen molar-refractivity contribution < 1.29 is 28.6 Å². The normalized spacial score (nSPS) is 23.6. The lowest BCUT2D eigenvalue weighted by Gasteiger charge is -2.37. The molecule has 294 valence electrons. The van der Waals surface area contributed by atoms with E-state index in [0.717, 1.165) is 57.5 Å². The van der Waals surface area contributed by atoms with Crippen molar-refractivity contribution in [1.29, 1.82) is 0 Å². The number of methoxy groups -OCH3 is 1. The summed E-state index contributed by atoms with van der Waals surface area (Å²) >= 11 is 0. The van der Waals surface area contributed by atoms with E-state index in [1.807, 2.05) is 19.9 Å². The van der Waals surface area contributed by atoms with Gasteiger partial charge in [0.25, 0.3) is 5.91 Å². The van der Waals surface area contributed by atoms with Crippen LogP contribution >= 0.6 is 0 Å². The van der Waals surface area contributed by atoms with Crippen molar-refractivity contribution in [2.45, 2.75) is 111 Å². The Morgan fingerprint density at radius 2 is 2.00 bits per heavy atom. The summed E-state index contributed by atoms with van der Waals surface area (Å²) in [7, 11) is 1.68. The number of hydrazine groups is 1. The second-order valence-electron chi connectivity index (χ2n) is 16.3. The van der Waals surface area contributed by atoms with Crippen LogP contribution in [0.3, 0.4) is 0 Å². The first-order valence-electron chi connectivity index (χ1n) is 19.3. The molecule has 1 saturated heterocycles. The van der Waals surface area contributed by atoms with Crippen LogP contribution in [0, 0.1) is 5.41 Å². The zero-order chi connectivity index (χ0) is 39.4. The molecule has 0 saturated carbocycles. The number of aromatic nitrogens is 1. The van der Waals surface area contributed by atoms with E-state index in [4.69, 9.17) is 19.2 Å². The summed E-state index contributed by atoms with van der Waals surface area (Å²) in [6, 6.07) is 5.01. The predicted octanol–water partition coefficient (Wildman–Crippen LogP) is 6.29. The van der Waals surface area contributed by atoms with E-state index in [-0.39, 0.29) is 25.2 Å². The SMILES string of the molecule is C=C/C(=C(\N=C/C)[C@H](C)OC)c1c2c3cc(ccc3n1CC)C1=CCCN(C1)CC(NC(=O)OC(C)(C)C)C(=O)N1CCC[C@H](N1)C(=O)OCC(C)(C)C2. The number of cyclic esters (lactones) is 1. The molecule has 2 amide bonds. The lowest BCUT2D eigenvalue weighted by atomic mass is 9.84. The number of benzene rings is 1. The number of aryl methyl sites for hydroxylation is 1. The van der Waals surface area contributed by atoms with Gasteiger partial charge in [0.1, 0.15) is 17.7 Å². The zero-order valence-corrected chi connectivity index (χ0v) is 33.7. The molecule has 3 aliphatic heterocycles. The molecule has 4 heterocycles. The molecular weight excluding hydrogens is 684 g/mol. The van der Waals surface area contributed by atoms with Gasteiger partial charge in [-0.2, -0.15) is 0 Å². The molecule has 5 rings (SSSR count). The second kappa shape index (κ2) is 17.0. The standard InChI is InChI=1S/C42H60N6O6/c1-11-30(36(43-12-2)27(4)52-10)37-32-23-42(8,9)26-53-39(50)33-17-15-21-48(45-33)38(49)34(44-40(51)54-41(5,6)7)25-46-20-14-16-29(24-46)28-18-19-35(31(32)22-28)47(37)13-3/h11-12,16,18-19,22,27,33-34,45H,1,13-15,17,20-21,23-26H2,2-10H3,(H,44,51)/b36-30+,43-12-/t27-,33-,34?/m0/s1. The van der Waals surface area contributed by atoms with Gasteiger partial charge in [-0.1, -0.05) is 38.6 Å². The second-order valence-corrected chi connectivity index (χ2v) is 16.3. The number of aliphatic imine (C=N–C) groups is 1. The van der Waals surface area contributed by atoms with Crippen LogP contribution in [0.15, 0.2) is 47.6 Å². The summed E-state index contributed by atoms with van der Waals surface area (Å²) in [5, 5.41) is 5.42. The highest BCUT2D eigenvalue weighted by Gasteiger charge is 2.37. The summed E-state index contributed by atoms with van der Waals surface area (Å²) < 4.78 is 19.8. The van der Waals surface area contributed by atoms with E-state index in [2.05, 4.69) is 71.8 Å². The van der Waals surface area contributed by atoms with Crippen molar-refractivity contribution in [1.82, 2.24) is 25.2 Å². The lowest BCUT2D eigenvalue weighted by Crippen LogP contribution is -2.62. The number of carbonyl (C=O) groups excluding carboxylic acids is 3. The fourth-order valence-electron chi connectivity index (χ4n) is 7.67. The molecule has 2 unspecified atom stereocenters. The third-order valence-corrected chi connectivity index (χ3v) is 10.3. The molecule has 4 atom stereocenters. The first kappa shape index (κ1) is 40.9. The maximum Gasteiger partial charge on any atom is 0.408 e. The number of allylic oxidation sites excluding steroid dienone is 2. The molecule has 3 aliphatic rings. The third kappa shape index (κ3) is 9.33. The van der Waals surface area contributed by atoms with Crippen molar-refractivity contribution >= 4 is 46.2 Å². The Labute approximate surface area is 320 Å². The van der Waals surface area contributed by atoms with E-state index in [1.54, 1.807) is 34.1 Å². The summed E-state index contributed by atoms with van der Waals surface area (Å²) in [5.74, 6) is -0.737. The van der Waals surface area contributed by atoms with Crippen LogP contribution in [-0.2, 0) is 36.8 Å². The highest BCUT2D eigenvalue weighted by molar-refractivity contribution is 5.95. The third-order valence-electron chi connectivity index (χ3n) is 10.3. The number of amides is 2. The molecule has 0 spiro atoms. The van der Waals surface area contributed by atoms with Crippen LogP contribution in [0.25, 0.3) is 22.0 Å². The Kier molecular flexibility index (Phi) is 12.9. The van der Waals surface area contributed by atoms with Gasteiger partial charge in [-0.05, 0) is 96.1 Å². The number of rotatable bonds is 7. The fourth-order valence-corrected chi connectivity index (χ4v) is 7.67. The monoisotopic (exact) mass is 744 g/mol. The van der Waals surface area contributed by atoms with Crippen LogP contribution < -0.4 is 10.7 Å². The Morgan fingerprint density at radius 3 is 2.67 bits per heavy atom. The molecule has 6 bridgehead atoms. The van der Waals surface area contributed by atoms with E-state index < -0.39 is 35.2 Å². The van der Waals surface area contributed by atoms with Crippen molar-refractivity contribution in [3.05, 3.63) is 59.4 Å². The van der Waals surface area contributed by atoms with E-state index in [9.17, 15) is 14.4 Å². The van der Waals surface area contributed by atoms with E-state index in [1.165, 1.54) is 5.01 Å². The Morgan fingerprint density at radius 1 is 1.24 bits per heavy atom. The molecule has 1 fully saturated rings. The average Bonchev–Trinajstić information content (AvgIpc) is 3.43. The lowest BCUT2D eigenvalue weighted by molar-refractivity contribution is -0.155. The molecule has 2 aromatic rings. The highest BCUT2D eigenvalue weighted by Crippen LogP contribution is 2.40. The van der Waals surface area contributed by atoms with Crippen LogP contribution in [0.2, 0.25) is 0 Å². The van der Waals surface area contributed by atoms with Crippen molar-refractivity contribution in [2.24, 2.45) is 10.4 Å². The molecule has 0 aliphatic carbocycles. The summed E-state index contributed by atoms with van der Waals surface area (Å²) in [6.07, 6.45) is 7.51. The van der Waals surface area contributed by atoms with Crippen LogP contribution in [0.5, 0.6) is 0 Å². The minimum absolute atomic E-state index is 0.167. The van der Waals surface area contributed by atoms with E-state index in [0.29, 0.717) is 38.9 Å². The van der Waals surface area contributed by atoms with Crippen LogP contribution in [0.4, 0.5) is 4.79 Å². The molecule has 2 N–H and O–H groups in total. The molecular formula is C42H60N6O6. The van der Waals surface area contributed by atoms with Gasteiger partial charge in [0.05, 0.1) is 24.1 Å². The number of ether oxygens (including phenoxy) is 3. The fraction of sp³-hybridized carbons (Fsp3) is 0.571. The van der Waals surface area contributed by atoms with Crippen molar-refractivity contribution in [3.8, 4) is 0 Å². The van der Waals surface area contributed by atoms with Crippen LogP contribution in [-0.4, -0.2) is 102 Å². The molecule has 1 aromatic carbocycles. The molecule has 12 nitrogen and oxygen atoms in total. The quantitative estimate of drug-likeness (QED) is 0.193. The maximum atomic E-state index is 14.1. The summed E-state index contributed by atoms with van der Waals surface area (Å²) in [6.45, 7) is 22.7. The highest BCUT2D eigenvalue weighted by atomic mass is 16.6. The van der Waals surface area contributed by atoms with Gasteiger partial charge < -0.3 is 24.1 Å². The number of nitrogens with one attached hydrogen (secondary N) is 2. The Bertz CT molecular complexity index is 1830. The topological polar surface area (TPSA) is 127 Å². The summed E-state index contributed by atoms with van der Waals surface area (Å²) in [4.78, 5) is 47.9. The Balaban J connectivity index is 1.67. The first-order valence-corrected chi connectivity index (χ1v) is 19.3. The molecule has 0 radical (unpaired) electrons. The average molecular weight is 745 g/mol. The van der Waals surface area contributed by atoms with Gasteiger partial charge >= 0.3 is 12.1 Å². The minimum Gasteiger partial charge on any atom is -0.464 e. The van der Waals surface area contributed by atoms with Gasteiger partial charge in [-0.3, -0.25) is 24.5 Å². The Hall–Kier alpha value is -4.26. The van der Waals surface area contributed by atoms with Crippen molar-refractivity contribution in [2.75, 3.05) is 39.9 Å². The number of fused-ring (bicyclic) bond motifs is 6. The zero-order valence-electron chi connectivity index (χ0n) is 33.7. The van der Waals surface area contributed by atoms with Crippen LogP contribution in [0.1, 0.15) is 91.5 Å². The number of carbonyl (C=O) groups is 3. The molecule has 54 heavy (non-hydrogen) atoms.